The highest BCUT2D eigenvalue weighted by molar-refractivity contribution is 9.10. The molecule has 7 heteroatoms. The highest BCUT2D eigenvalue weighted by Crippen LogP contribution is 2.31. The molecule has 0 aliphatic rings. The number of rotatable bonds is 3. The Bertz CT molecular complexity index is 758. The standard InChI is InChI=1S/C16H16BrCl2N3O/c1-16(2,3)10-5-13(19)15(20-8-10)22-21-7-9-4-11(18)6-12(17)14(9)23/h4-8,23H,1-3H3,(H,20,22)/b21-7+. The van der Waals surface area contributed by atoms with E-state index < -0.39 is 0 Å². The fraction of sp³-hybridized carbons (Fsp3) is 0.250. The molecule has 0 aliphatic heterocycles. The number of hydrogen-bond acceptors (Lipinski definition) is 4. The molecule has 0 amide bonds. The average molecular weight is 417 g/mol. The number of halogens is 3. The number of anilines is 1. The van der Waals surface area contributed by atoms with E-state index in [4.69, 9.17) is 23.2 Å². The lowest BCUT2D eigenvalue weighted by Crippen LogP contribution is -2.11. The maximum absolute atomic E-state index is 9.93. The minimum Gasteiger partial charge on any atom is -0.506 e. The molecule has 0 atom stereocenters. The van der Waals surface area contributed by atoms with Crippen LogP contribution in [0.5, 0.6) is 5.75 Å². The smallest absolute Gasteiger partial charge is 0.165 e. The molecule has 0 saturated heterocycles. The fourth-order valence-electron chi connectivity index (χ4n) is 1.78. The molecule has 0 saturated carbocycles. The highest BCUT2D eigenvalue weighted by atomic mass is 79.9. The molecule has 4 nitrogen and oxygen atoms in total. The van der Waals surface area contributed by atoms with Crippen molar-refractivity contribution >= 4 is 51.2 Å². The summed E-state index contributed by atoms with van der Waals surface area (Å²) in [5.41, 5.74) is 4.24. The van der Waals surface area contributed by atoms with Crippen molar-refractivity contribution in [1.29, 1.82) is 0 Å². The molecule has 1 aromatic heterocycles. The predicted molar refractivity (Wildman–Crippen MR) is 100.0 cm³/mol. The number of aromatic nitrogens is 1. The van der Waals surface area contributed by atoms with Gasteiger partial charge in [-0.25, -0.2) is 4.98 Å². The van der Waals surface area contributed by atoms with E-state index in [-0.39, 0.29) is 11.2 Å². The van der Waals surface area contributed by atoms with Crippen LogP contribution in [-0.2, 0) is 5.41 Å². The van der Waals surface area contributed by atoms with Crippen LogP contribution in [0.1, 0.15) is 31.9 Å². The quantitative estimate of drug-likeness (QED) is 0.505. The van der Waals surface area contributed by atoms with Crippen LogP contribution >= 0.6 is 39.1 Å². The normalized spacial score (nSPS) is 11.9. The Balaban J connectivity index is 2.18. The topological polar surface area (TPSA) is 57.5 Å². The lowest BCUT2D eigenvalue weighted by atomic mass is 9.88. The number of hydrogen-bond donors (Lipinski definition) is 2. The summed E-state index contributed by atoms with van der Waals surface area (Å²) in [7, 11) is 0. The minimum atomic E-state index is -0.0305. The van der Waals surface area contributed by atoms with Gasteiger partial charge in [-0.1, -0.05) is 44.0 Å². The third-order valence-electron chi connectivity index (χ3n) is 3.14. The van der Waals surface area contributed by atoms with Gasteiger partial charge >= 0.3 is 0 Å². The van der Waals surface area contributed by atoms with Crippen molar-refractivity contribution < 1.29 is 5.11 Å². The van der Waals surface area contributed by atoms with Gasteiger partial charge in [0.2, 0.25) is 0 Å². The summed E-state index contributed by atoms with van der Waals surface area (Å²) in [5.74, 6) is 0.499. The molecule has 2 aromatic rings. The first-order valence-electron chi connectivity index (χ1n) is 6.81. The second kappa shape index (κ2) is 7.07. The van der Waals surface area contributed by atoms with Crippen molar-refractivity contribution in [2.24, 2.45) is 5.10 Å². The molecule has 1 heterocycles. The van der Waals surface area contributed by atoms with Crippen LogP contribution < -0.4 is 5.43 Å². The van der Waals surface area contributed by atoms with E-state index in [1.165, 1.54) is 6.21 Å². The van der Waals surface area contributed by atoms with Crippen molar-refractivity contribution in [3.8, 4) is 5.75 Å². The summed E-state index contributed by atoms with van der Waals surface area (Å²) >= 11 is 15.4. The Kier molecular flexibility index (Phi) is 5.55. The van der Waals surface area contributed by atoms with Crippen LogP contribution in [0.2, 0.25) is 10.0 Å². The maximum Gasteiger partial charge on any atom is 0.165 e. The molecule has 23 heavy (non-hydrogen) atoms. The van der Waals surface area contributed by atoms with Crippen molar-refractivity contribution in [2.45, 2.75) is 26.2 Å². The Morgan fingerprint density at radius 1 is 1.26 bits per heavy atom. The van der Waals surface area contributed by atoms with Crippen LogP contribution in [0.4, 0.5) is 5.82 Å². The Morgan fingerprint density at radius 3 is 2.57 bits per heavy atom. The van der Waals surface area contributed by atoms with Crippen molar-refractivity contribution in [1.82, 2.24) is 4.98 Å². The van der Waals surface area contributed by atoms with Crippen LogP contribution in [0, 0.1) is 0 Å². The van der Waals surface area contributed by atoms with Gasteiger partial charge in [-0.15, -0.1) is 0 Å². The number of nitrogens with one attached hydrogen (secondary N) is 1. The molecule has 2 N–H and O–H groups in total. The molecular weight excluding hydrogens is 401 g/mol. The van der Waals surface area contributed by atoms with E-state index in [1.807, 2.05) is 6.07 Å². The van der Waals surface area contributed by atoms with Crippen LogP contribution in [0.25, 0.3) is 0 Å². The van der Waals surface area contributed by atoms with E-state index in [9.17, 15) is 5.11 Å². The molecule has 0 unspecified atom stereocenters. The zero-order chi connectivity index (χ0) is 17.2. The number of phenolic OH excluding ortho intramolecular Hbond substituents is 1. The molecule has 0 bridgehead atoms. The van der Waals surface area contributed by atoms with Gasteiger partial charge in [-0.05, 0) is 45.1 Å². The molecule has 1 aromatic carbocycles. The van der Waals surface area contributed by atoms with Gasteiger partial charge in [0.1, 0.15) is 5.75 Å². The number of pyridine rings is 1. The number of aromatic hydroxyl groups is 1. The summed E-state index contributed by atoms with van der Waals surface area (Å²) in [6.45, 7) is 6.27. The van der Waals surface area contributed by atoms with Crippen molar-refractivity contribution in [3.63, 3.8) is 0 Å². The summed E-state index contributed by atoms with van der Waals surface area (Å²) in [5, 5.41) is 14.9. The first kappa shape index (κ1) is 18.0. The van der Waals surface area contributed by atoms with E-state index in [0.717, 1.165) is 5.56 Å². The molecule has 2 rings (SSSR count). The highest BCUT2D eigenvalue weighted by Gasteiger charge is 2.15. The second-order valence-corrected chi connectivity index (χ2v) is 7.70. The van der Waals surface area contributed by atoms with E-state index in [1.54, 1.807) is 18.3 Å². The third kappa shape index (κ3) is 4.59. The van der Waals surface area contributed by atoms with Gasteiger partial charge in [-0.2, -0.15) is 5.10 Å². The number of phenols is 1. The zero-order valence-electron chi connectivity index (χ0n) is 12.9. The van der Waals surface area contributed by atoms with E-state index in [0.29, 0.717) is 25.9 Å². The molecular formula is C16H16BrCl2N3O. The van der Waals surface area contributed by atoms with Gasteiger partial charge in [-0.3, -0.25) is 5.43 Å². The molecule has 0 aliphatic carbocycles. The molecule has 0 spiro atoms. The van der Waals surface area contributed by atoms with Gasteiger partial charge in [0, 0.05) is 16.8 Å². The van der Waals surface area contributed by atoms with Gasteiger partial charge < -0.3 is 5.11 Å². The second-order valence-electron chi connectivity index (χ2n) is 6.00. The first-order valence-corrected chi connectivity index (χ1v) is 8.36. The average Bonchev–Trinajstić information content (AvgIpc) is 2.44. The third-order valence-corrected chi connectivity index (χ3v) is 4.25. The van der Waals surface area contributed by atoms with E-state index in [2.05, 4.69) is 52.2 Å². The largest absolute Gasteiger partial charge is 0.506 e. The Morgan fingerprint density at radius 2 is 1.96 bits per heavy atom. The summed E-state index contributed by atoms with van der Waals surface area (Å²) in [6.07, 6.45) is 3.21. The van der Waals surface area contributed by atoms with Gasteiger partial charge in [0.05, 0.1) is 15.7 Å². The van der Waals surface area contributed by atoms with Crippen LogP contribution in [0.15, 0.2) is 34.0 Å². The van der Waals surface area contributed by atoms with Gasteiger partial charge in [0.25, 0.3) is 0 Å². The van der Waals surface area contributed by atoms with E-state index >= 15 is 0 Å². The molecule has 0 fully saturated rings. The lowest BCUT2D eigenvalue weighted by molar-refractivity contribution is 0.471. The Hall–Kier alpha value is -1.30. The minimum absolute atomic E-state index is 0.0305. The van der Waals surface area contributed by atoms with Crippen LogP contribution in [-0.4, -0.2) is 16.3 Å². The van der Waals surface area contributed by atoms with Gasteiger partial charge in [0.15, 0.2) is 5.82 Å². The zero-order valence-corrected chi connectivity index (χ0v) is 16.0. The number of hydrazone groups is 1. The summed E-state index contributed by atoms with van der Waals surface area (Å²) in [4.78, 5) is 4.28. The van der Waals surface area contributed by atoms with Crippen molar-refractivity contribution in [3.05, 3.63) is 50.0 Å². The molecule has 122 valence electrons. The van der Waals surface area contributed by atoms with Crippen molar-refractivity contribution in [2.75, 3.05) is 5.43 Å². The monoisotopic (exact) mass is 415 g/mol. The number of nitrogens with zero attached hydrogens (tertiary/aromatic N) is 2. The molecule has 0 radical (unpaired) electrons. The number of benzene rings is 1. The maximum atomic E-state index is 9.93. The SMILES string of the molecule is CC(C)(C)c1cnc(N/N=C/c2cc(Cl)cc(Br)c2O)c(Cl)c1. The Labute approximate surface area is 153 Å². The predicted octanol–water partition coefficient (Wildman–Crippen LogP) is 5.60. The van der Waals surface area contributed by atoms with Crippen LogP contribution in [0.3, 0.4) is 0 Å². The lowest BCUT2D eigenvalue weighted by Gasteiger charge is -2.19. The summed E-state index contributed by atoms with van der Waals surface area (Å²) < 4.78 is 0.497. The first-order chi connectivity index (χ1) is 10.7. The fourth-order valence-corrected chi connectivity index (χ4v) is 2.82. The summed E-state index contributed by atoms with van der Waals surface area (Å²) in [6, 6.07) is 5.07.